The second-order valence-electron chi connectivity index (χ2n) is 9.79. The molecule has 0 saturated heterocycles. The molecule has 4 heteroatoms. The summed E-state index contributed by atoms with van der Waals surface area (Å²) in [5.74, 6) is 1.91. The van der Waals surface area contributed by atoms with Crippen LogP contribution in [0, 0.1) is 11.8 Å². The van der Waals surface area contributed by atoms with Crippen molar-refractivity contribution in [2.24, 2.45) is 11.8 Å². The van der Waals surface area contributed by atoms with Crippen LogP contribution in [-0.4, -0.2) is 25.2 Å². The average molecular weight is 436 g/mol. The van der Waals surface area contributed by atoms with Crippen LogP contribution < -0.4 is 10.6 Å². The smallest absolute Gasteiger partial charge is 0.00671 e. The van der Waals surface area contributed by atoms with Gasteiger partial charge in [-0.15, -0.1) is 24.8 Å². The third-order valence-electron chi connectivity index (χ3n) is 7.57. The Hall–Kier alpha value is 0.500. The van der Waals surface area contributed by atoms with Crippen LogP contribution in [0.1, 0.15) is 116 Å². The fourth-order valence-corrected chi connectivity index (χ4v) is 5.63. The van der Waals surface area contributed by atoms with Crippen molar-refractivity contribution >= 4 is 24.8 Å². The van der Waals surface area contributed by atoms with E-state index in [1.807, 2.05) is 0 Å². The molecule has 3 fully saturated rings. The van der Waals surface area contributed by atoms with Crippen molar-refractivity contribution in [2.75, 3.05) is 13.1 Å². The minimum atomic E-state index is 0. The summed E-state index contributed by atoms with van der Waals surface area (Å²) < 4.78 is 0. The van der Waals surface area contributed by atoms with Gasteiger partial charge in [0.25, 0.3) is 0 Å². The van der Waals surface area contributed by atoms with E-state index in [9.17, 15) is 0 Å². The lowest BCUT2D eigenvalue weighted by Crippen LogP contribution is -2.37. The Morgan fingerprint density at radius 1 is 0.393 bits per heavy atom. The van der Waals surface area contributed by atoms with Crippen LogP contribution in [0.3, 0.4) is 0 Å². The summed E-state index contributed by atoms with van der Waals surface area (Å²) in [6, 6.07) is 1.66. The van der Waals surface area contributed by atoms with Crippen LogP contribution in [0.15, 0.2) is 0 Å². The molecule has 3 aliphatic rings. The number of halogens is 2. The number of hydrogen-bond donors (Lipinski definition) is 2. The third kappa shape index (κ3) is 10.5. The molecule has 0 bridgehead atoms. The first-order valence-electron chi connectivity index (χ1n) is 12.4. The predicted molar refractivity (Wildman–Crippen MR) is 128 cm³/mol. The van der Waals surface area contributed by atoms with Gasteiger partial charge in [-0.05, 0) is 76.3 Å². The van der Waals surface area contributed by atoms with E-state index in [0.29, 0.717) is 0 Å². The monoisotopic (exact) mass is 434 g/mol. The Balaban J connectivity index is 0.00000196. The standard InChI is InChI=1S/C24H46N2.2ClH/c1-3-7-11-23(12-8-4-1)25-19-21-15-17-22(18-16-21)20-26-24-13-9-5-2-6-10-14-24;;/h21-26H,1-20H2;2*1H. The molecule has 0 aromatic heterocycles. The van der Waals surface area contributed by atoms with Gasteiger partial charge >= 0.3 is 0 Å². The maximum atomic E-state index is 3.95. The van der Waals surface area contributed by atoms with Crippen molar-refractivity contribution < 1.29 is 0 Å². The largest absolute Gasteiger partial charge is 0.314 e. The van der Waals surface area contributed by atoms with Crippen molar-refractivity contribution in [1.29, 1.82) is 0 Å². The SMILES string of the molecule is C1CCCC(NCC2CCC(CNC3CCCCCCC3)CC2)CCC1.Cl.Cl. The lowest BCUT2D eigenvalue weighted by Gasteiger charge is -2.32. The minimum absolute atomic E-state index is 0. The predicted octanol–water partition coefficient (Wildman–Crippen LogP) is 7.04. The quantitative estimate of drug-likeness (QED) is 0.467. The average Bonchev–Trinajstić information content (AvgIpc) is 2.61. The molecule has 0 atom stereocenters. The van der Waals surface area contributed by atoms with Gasteiger partial charge in [-0.1, -0.05) is 64.2 Å². The molecule has 0 heterocycles. The molecular weight excluding hydrogens is 387 g/mol. The molecule has 0 unspecified atom stereocenters. The molecule has 0 aliphatic heterocycles. The van der Waals surface area contributed by atoms with Gasteiger partial charge in [-0.25, -0.2) is 0 Å². The van der Waals surface area contributed by atoms with E-state index in [-0.39, 0.29) is 24.8 Å². The van der Waals surface area contributed by atoms with Crippen LogP contribution in [0.4, 0.5) is 0 Å². The van der Waals surface area contributed by atoms with Gasteiger partial charge in [0, 0.05) is 12.1 Å². The summed E-state index contributed by atoms with van der Waals surface area (Å²) in [6.07, 6.45) is 26.3. The fourth-order valence-electron chi connectivity index (χ4n) is 5.63. The lowest BCUT2D eigenvalue weighted by atomic mass is 9.81. The van der Waals surface area contributed by atoms with Crippen molar-refractivity contribution in [3.63, 3.8) is 0 Å². The van der Waals surface area contributed by atoms with Gasteiger partial charge in [-0.3, -0.25) is 0 Å². The first-order valence-corrected chi connectivity index (χ1v) is 12.4. The van der Waals surface area contributed by atoms with E-state index in [1.165, 1.54) is 129 Å². The Bertz CT molecular complexity index is 309. The van der Waals surface area contributed by atoms with E-state index in [2.05, 4.69) is 10.6 Å². The van der Waals surface area contributed by atoms with Crippen LogP contribution in [0.2, 0.25) is 0 Å². The molecule has 28 heavy (non-hydrogen) atoms. The second kappa shape index (κ2) is 16.2. The highest BCUT2D eigenvalue weighted by molar-refractivity contribution is 5.85. The molecular formula is C24H48Cl2N2. The van der Waals surface area contributed by atoms with Gasteiger partial charge in [0.1, 0.15) is 0 Å². The third-order valence-corrected chi connectivity index (χ3v) is 7.57. The van der Waals surface area contributed by atoms with Crippen molar-refractivity contribution in [1.82, 2.24) is 10.6 Å². The Kier molecular flexibility index (Phi) is 15.4. The summed E-state index contributed by atoms with van der Waals surface area (Å²) in [4.78, 5) is 0. The second-order valence-corrected chi connectivity index (χ2v) is 9.79. The maximum Gasteiger partial charge on any atom is 0.00671 e. The maximum absolute atomic E-state index is 3.95. The van der Waals surface area contributed by atoms with Crippen LogP contribution in [-0.2, 0) is 0 Å². The summed E-state index contributed by atoms with van der Waals surface area (Å²) in [6.45, 7) is 2.60. The van der Waals surface area contributed by atoms with E-state index in [4.69, 9.17) is 0 Å². The van der Waals surface area contributed by atoms with E-state index >= 15 is 0 Å². The summed E-state index contributed by atoms with van der Waals surface area (Å²) in [5.41, 5.74) is 0. The molecule has 3 aliphatic carbocycles. The van der Waals surface area contributed by atoms with Crippen LogP contribution >= 0.6 is 24.8 Å². The molecule has 0 aromatic carbocycles. The first-order chi connectivity index (χ1) is 12.9. The van der Waals surface area contributed by atoms with Crippen molar-refractivity contribution in [2.45, 2.75) is 128 Å². The Morgan fingerprint density at radius 2 is 0.679 bits per heavy atom. The van der Waals surface area contributed by atoms with E-state index in [0.717, 1.165) is 23.9 Å². The molecule has 2 nitrogen and oxygen atoms in total. The molecule has 0 spiro atoms. The number of hydrogen-bond acceptors (Lipinski definition) is 2. The first kappa shape index (κ1) is 26.5. The van der Waals surface area contributed by atoms with E-state index < -0.39 is 0 Å². The Labute approximate surface area is 188 Å². The highest BCUT2D eigenvalue weighted by Crippen LogP contribution is 2.29. The molecule has 0 amide bonds. The Morgan fingerprint density at radius 3 is 1.00 bits per heavy atom. The number of nitrogens with one attached hydrogen (secondary N) is 2. The van der Waals surface area contributed by atoms with Crippen molar-refractivity contribution in [3.8, 4) is 0 Å². The van der Waals surface area contributed by atoms with Crippen LogP contribution in [0.5, 0.6) is 0 Å². The zero-order valence-electron chi connectivity index (χ0n) is 18.3. The zero-order valence-corrected chi connectivity index (χ0v) is 19.9. The topological polar surface area (TPSA) is 24.1 Å². The molecule has 168 valence electrons. The normalized spacial score (nSPS) is 28.7. The molecule has 0 radical (unpaired) electrons. The van der Waals surface area contributed by atoms with Gasteiger partial charge < -0.3 is 10.6 Å². The highest BCUT2D eigenvalue weighted by Gasteiger charge is 2.23. The molecule has 0 aromatic rings. The molecule has 3 saturated carbocycles. The lowest BCUT2D eigenvalue weighted by molar-refractivity contribution is 0.240. The minimum Gasteiger partial charge on any atom is -0.314 e. The summed E-state index contributed by atoms with van der Waals surface area (Å²) in [7, 11) is 0. The zero-order chi connectivity index (χ0) is 17.9. The summed E-state index contributed by atoms with van der Waals surface area (Å²) >= 11 is 0. The molecule has 3 rings (SSSR count). The fraction of sp³-hybridized carbons (Fsp3) is 1.00. The van der Waals surface area contributed by atoms with Gasteiger partial charge in [-0.2, -0.15) is 0 Å². The highest BCUT2D eigenvalue weighted by atomic mass is 35.5. The van der Waals surface area contributed by atoms with Crippen molar-refractivity contribution in [3.05, 3.63) is 0 Å². The van der Waals surface area contributed by atoms with Gasteiger partial charge in [0.15, 0.2) is 0 Å². The number of rotatable bonds is 6. The van der Waals surface area contributed by atoms with Crippen LogP contribution in [0.25, 0.3) is 0 Å². The summed E-state index contributed by atoms with van der Waals surface area (Å²) in [5, 5.41) is 7.91. The molecule has 2 N–H and O–H groups in total. The van der Waals surface area contributed by atoms with Gasteiger partial charge in [0.2, 0.25) is 0 Å². The van der Waals surface area contributed by atoms with Gasteiger partial charge in [0.05, 0.1) is 0 Å². The van der Waals surface area contributed by atoms with E-state index in [1.54, 1.807) is 0 Å².